The summed E-state index contributed by atoms with van der Waals surface area (Å²) in [5.41, 5.74) is 8.10. The monoisotopic (exact) mass is 471 g/mol. The van der Waals surface area contributed by atoms with Crippen LogP contribution in [0.5, 0.6) is 0 Å². The summed E-state index contributed by atoms with van der Waals surface area (Å²) < 4.78 is 0. The van der Waals surface area contributed by atoms with Crippen molar-refractivity contribution in [3.63, 3.8) is 0 Å². The summed E-state index contributed by atoms with van der Waals surface area (Å²) in [4.78, 5) is 13.5. The molecular weight excluding hydrogens is 442 g/mol. The standard InChI is InChI=1S/C32H29N3O/c1-21-13-15-22(16-14-21)30-27-10-5-9-26(27)28-11-6-12-29(31(28)35-30)32(36)34-25-19-17-24(18-20-25)33-23-7-3-2-4-8-23/h2-9,11-20,26-27,30,33,35H,10H2,1H3,(H,34,36). The molecule has 4 heteroatoms. The second-order valence-electron chi connectivity index (χ2n) is 9.68. The van der Waals surface area contributed by atoms with Gasteiger partial charge in [-0.3, -0.25) is 4.79 Å². The second kappa shape index (κ2) is 9.38. The fourth-order valence-electron chi connectivity index (χ4n) is 5.44. The fourth-order valence-corrected chi connectivity index (χ4v) is 5.44. The first kappa shape index (κ1) is 22.2. The zero-order valence-corrected chi connectivity index (χ0v) is 20.2. The van der Waals surface area contributed by atoms with Crippen LogP contribution >= 0.6 is 0 Å². The normalized spacial score (nSPS) is 19.6. The number of allylic oxidation sites excluding steroid dienone is 2. The van der Waals surface area contributed by atoms with Crippen LogP contribution in [0.4, 0.5) is 22.7 Å². The van der Waals surface area contributed by atoms with Gasteiger partial charge in [0.2, 0.25) is 0 Å². The second-order valence-corrected chi connectivity index (χ2v) is 9.68. The summed E-state index contributed by atoms with van der Waals surface area (Å²) in [6.45, 7) is 2.11. The number of aryl methyl sites for hydroxylation is 1. The van der Waals surface area contributed by atoms with Crippen LogP contribution in [0.15, 0.2) is 109 Å². The smallest absolute Gasteiger partial charge is 0.257 e. The number of para-hydroxylation sites is 2. The first-order valence-electron chi connectivity index (χ1n) is 12.5. The molecule has 178 valence electrons. The zero-order valence-electron chi connectivity index (χ0n) is 20.2. The number of carbonyl (C=O) groups is 1. The van der Waals surface area contributed by atoms with Gasteiger partial charge in [0.15, 0.2) is 0 Å². The van der Waals surface area contributed by atoms with Gasteiger partial charge in [0.05, 0.1) is 17.3 Å². The Morgan fingerprint density at radius 2 is 1.53 bits per heavy atom. The van der Waals surface area contributed by atoms with Crippen LogP contribution in [0.1, 0.15) is 45.4 Å². The molecule has 2 aliphatic rings. The molecule has 3 N–H and O–H groups in total. The minimum Gasteiger partial charge on any atom is -0.377 e. The average Bonchev–Trinajstić information content (AvgIpc) is 3.41. The van der Waals surface area contributed by atoms with E-state index in [1.807, 2.05) is 66.7 Å². The Balaban J connectivity index is 1.25. The molecule has 1 amide bonds. The van der Waals surface area contributed by atoms with E-state index in [4.69, 9.17) is 0 Å². The van der Waals surface area contributed by atoms with Crippen LogP contribution in [-0.2, 0) is 0 Å². The number of amides is 1. The first-order valence-corrected chi connectivity index (χ1v) is 12.5. The van der Waals surface area contributed by atoms with Crippen molar-refractivity contribution in [3.05, 3.63) is 131 Å². The molecule has 3 unspecified atom stereocenters. The number of rotatable bonds is 5. The van der Waals surface area contributed by atoms with Crippen LogP contribution in [0, 0.1) is 12.8 Å². The van der Waals surface area contributed by atoms with Crippen LogP contribution in [0.3, 0.4) is 0 Å². The van der Waals surface area contributed by atoms with Gasteiger partial charge in [0.1, 0.15) is 0 Å². The van der Waals surface area contributed by atoms with Gasteiger partial charge in [-0.2, -0.15) is 0 Å². The number of hydrogen-bond donors (Lipinski definition) is 3. The van der Waals surface area contributed by atoms with Crippen LogP contribution in [0.2, 0.25) is 0 Å². The van der Waals surface area contributed by atoms with Crippen molar-refractivity contribution < 1.29 is 4.79 Å². The van der Waals surface area contributed by atoms with Gasteiger partial charge in [-0.15, -0.1) is 0 Å². The minimum absolute atomic E-state index is 0.105. The topological polar surface area (TPSA) is 53.2 Å². The lowest BCUT2D eigenvalue weighted by Crippen LogP contribution is -2.30. The fraction of sp³-hybridized carbons (Fsp3) is 0.156. The van der Waals surface area contributed by atoms with Crippen molar-refractivity contribution in [3.8, 4) is 0 Å². The van der Waals surface area contributed by atoms with Gasteiger partial charge in [0.25, 0.3) is 5.91 Å². The average molecular weight is 472 g/mol. The van der Waals surface area contributed by atoms with Gasteiger partial charge in [-0.1, -0.05) is 72.3 Å². The van der Waals surface area contributed by atoms with Crippen molar-refractivity contribution in [2.24, 2.45) is 5.92 Å². The summed E-state index contributed by atoms with van der Waals surface area (Å²) >= 11 is 0. The summed E-state index contributed by atoms with van der Waals surface area (Å²) in [5.74, 6) is 0.651. The van der Waals surface area contributed by atoms with Gasteiger partial charge < -0.3 is 16.0 Å². The van der Waals surface area contributed by atoms with E-state index < -0.39 is 0 Å². The number of fused-ring (bicyclic) bond motifs is 3. The number of benzene rings is 4. The highest BCUT2D eigenvalue weighted by Gasteiger charge is 2.39. The third-order valence-corrected chi connectivity index (χ3v) is 7.28. The van der Waals surface area contributed by atoms with Crippen molar-refractivity contribution in [1.29, 1.82) is 0 Å². The lowest BCUT2D eigenvalue weighted by atomic mass is 9.76. The molecule has 36 heavy (non-hydrogen) atoms. The number of nitrogens with one attached hydrogen (secondary N) is 3. The first-order chi connectivity index (χ1) is 17.7. The Labute approximate surface area is 212 Å². The van der Waals surface area contributed by atoms with Gasteiger partial charge in [0, 0.05) is 23.0 Å². The van der Waals surface area contributed by atoms with Crippen molar-refractivity contribution >= 4 is 28.7 Å². The highest BCUT2D eigenvalue weighted by atomic mass is 16.1. The maximum Gasteiger partial charge on any atom is 0.257 e. The summed E-state index contributed by atoms with van der Waals surface area (Å²) in [6, 6.07) is 32.8. The molecule has 1 aliphatic carbocycles. The SMILES string of the molecule is Cc1ccc(C2Nc3c(C(=O)Nc4ccc(Nc5ccccc5)cc4)cccc3C3C=CCC32)cc1. The van der Waals surface area contributed by atoms with E-state index in [9.17, 15) is 4.79 Å². The van der Waals surface area contributed by atoms with E-state index >= 15 is 0 Å². The van der Waals surface area contributed by atoms with Crippen molar-refractivity contribution in [1.82, 2.24) is 0 Å². The number of carbonyl (C=O) groups excluding carboxylic acids is 1. The Morgan fingerprint density at radius 3 is 2.31 bits per heavy atom. The molecule has 1 aliphatic heterocycles. The molecule has 1 heterocycles. The van der Waals surface area contributed by atoms with Gasteiger partial charge >= 0.3 is 0 Å². The molecule has 0 spiro atoms. The Hall–Kier alpha value is -4.31. The maximum absolute atomic E-state index is 13.5. The molecule has 0 radical (unpaired) electrons. The van der Waals surface area contributed by atoms with E-state index in [-0.39, 0.29) is 11.9 Å². The van der Waals surface area contributed by atoms with Crippen molar-refractivity contribution in [2.75, 3.05) is 16.0 Å². The van der Waals surface area contributed by atoms with E-state index in [1.165, 1.54) is 16.7 Å². The Morgan fingerprint density at radius 1 is 0.806 bits per heavy atom. The molecular formula is C32H29N3O. The molecule has 4 aromatic rings. The maximum atomic E-state index is 13.5. The lowest BCUT2D eigenvalue weighted by molar-refractivity contribution is 0.102. The molecule has 4 aromatic carbocycles. The lowest BCUT2D eigenvalue weighted by Gasteiger charge is -2.38. The quantitative estimate of drug-likeness (QED) is 0.260. The predicted molar refractivity (Wildman–Crippen MR) is 148 cm³/mol. The van der Waals surface area contributed by atoms with Crippen molar-refractivity contribution in [2.45, 2.75) is 25.3 Å². The molecule has 3 atom stereocenters. The highest BCUT2D eigenvalue weighted by molar-refractivity contribution is 6.08. The van der Waals surface area contributed by atoms with E-state index in [0.29, 0.717) is 17.4 Å². The Kier molecular flexibility index (Phi) is 5.78. The molecule has 0 fully saturated rings. The molecule has 0 saturated carbocycles. The molecule has 0 saturated heterocycles. The van der Waals surface area contributed by atoms with E-state index in [0.717, 1.165) is 29.2 Å². The number of anilines is 4. The molecule has 6 rings (SSSR count). The van der Waals surface area contributed by atoms with E-state index in [2.05, 4.69) is 65.4 Å². The molecule has 4 nitrogen and oxygen atoms in total. The zero-order chi connectivity index (χ0) is 24.5. The summed E-state index contributed by atoms with van der Waals surface area (Å²) in [6.07, 6.45) is 5.63. The molecule has 0 bridgehead atoms. The number of hydrogen-bond acceptors (Lipinski definition) is 3. The highest BCUT2D eigenvalue weighted by Crippen LogP contribution is 2.50. The third kappa shape index (κ3) is 4.27. The van der Waals surface area contributed by atoms with Gasteiger partial charge in [-0.25, -0.2) is 0 Å². The van der Waals surface area contributed by atoms with Gasteiger partial charge in [-0.05, 0) is 72.9 Å². The summed E-state index contributed by atoms with van der Waals surface area (Å²) in [5, 5.41) is 10.2. The van der Waals surface area contributed by atoms with E-state index in [1.54, 1.807) is 0 Å². The molecule has 0 aromatic heterocycles. The van der Waals surface area contributed by atoms with Crippen LogP contribution in [-0.4, -0.2) is 5.91 Å². The van der Waals surface area contributed by atoms with Crippen LogP contribution in [0.25, 0.3) is 0 Å². The summed E-state index contributed by atoms with van der Waals surface area (Å²) in [7, 11) is 0. The largest absolute Gasteiger partial charge is 0.377 e. The Bertz CT molecular complexity index is 1410. The van der Waals surface area contributed by atoms with Crippen LogP contribution < -0.4 is 16.0 Å². The predicted octanol–water partition coefficient (Wildman–Crippen LogP) is 7.82. The third-order valence-electron chi connectivity index (χ3n) is 7.28. The minimum atomic E-state index is -0.105.